The summed E-state index contributed by atoms with van der Waals surface area (Å²) in [6.45, 7) is 6.28. The zero-order valence-electron chi connectivity index (χ0n) is 23.5. The molecular formula is C32H34N4O3S2. The smallest absolute Gasteiger partial charge is 0.270 e. The van der Waals surface area contributed by atoms with E-state index in [2.05, 4.69) is 42.2 Å². The third-order valence-corrected chi connectivity index (χ3v) is 9.28. The summed E-state index contributed by atoms with van der Waals surface area (Å²) in [7, 11) is 0. The number of aromatic nitrogens is 1. The summed E-state index contributed by atoms with van der Waals surface area (Å²) in [4.78, 5) is 31.4. The molecule has 0 N–H and O–H groups in total. The molecule has 7 nitrogen and oxygen atoms in total. The average Bonchev–Trinajstić information content (AvgIpc) is 3.59. The largest absolute Gasteiger partial charge is 0.467 e. The Hall–Kier alpha value is -3.61. The fourth-order valence-corrected chi connectivity index (χ4v) is 6.87. The van der Waals surface area contributed by atoms with Crippen LogP contribution in [-0.2, 0) is 24.3 Å². The maximum Gasteiger partial charge on any atom is 0.270 e. The van der Waals surface area contributed by atoms with Crippen LogP contribution >= 0.6 is 24.0 Å². The molecule has 41 heavy (non-hydrogen) atoms. The highest BCUT2D eigenvalue weighted by molar-refractivity contribution is 8.26. The van der Waals surface area contributed by atoms with Gasteiger partial charge in [-0.2, -0.15) is 5.26 Å². The molecule has 0 radical (unpaired) electrons. The molecule has 2 aromatic heterocycles. The number of thiocarbonyl (C=S) groups is 1. The summed E-state index contributed by atoms with van der Waals surface area (Å²) in [6, 6.07) is 16.3. The lowest BCUT2D eigenvalue weighted by Gasteiger charge is -2.36. The Morgan fingerprint density at radius 1 is 1.15 bits per heavy atom. The number of furan rings is 1. The van der Waals surface area contributed by atoms with E-state index in [0.29, 0.717) is 33.0 Å². The van der Waals surface area contributed by atoms with Crippen LogP contribution in [0.3, 0.4) is 0 Å². The van der Waals surface area contributed by atoms with Gasteiger partial charge in [-0.15, -0.1) is 0 Å². The molecule has 0 bridgehead atoms. The number of amides is 1. The average molecular weight is 587 g/mol. The first-order chi connectivity index (χ1) is 19.9. The molecule has 9 heteroatoms. The quantitative estimate of drug-likeness (QED) is 0.216. The fourth-order valence-electron chi connectivity index (χ4n) is 5.63. The molecule has 2 saturated heterocycles. The first-order valence-corrected chi connectivity index (χ1v) is 15.4. The summed E-state index contributed by atoms with van der Waals surface area (Å²) >= 11 is 6.81. The van der Waals surface area contributed by atoms with E-state index in [9.17, 15) is 14.9 Å². The molecule has 0 saturated carbocycles. The number of rotatable bonds is 9. The monoisotopic (exact) mass is 586 g/mol. The highest BCUT2D eigenvalue weighted by Crippen LogP contribution is 2.37. The molecule has 2 aliphatic rings. The van der Waals surface area contributed by atoms with Crippen LogP contribution in [0.1, 0.15) is 60.6 Å². The number of carbonyl (C=O) groups excluding carboxylic acids is 1. The van der Waals surface area contributed by atoms with Gasteiger partial charge in [-0.1, -0.05) is 67.7 Å². The number of anilines is 1. The van der Waals surface area contributed by atoms with Crippen LogP contribution < -0.4 is 10.5 Å². The summed E-state index contributed by atoms with van der Waals surface area (Å²) in [5.74, 6) is 1.81. The van der Waals surface area contributed by atoms with Crippen molar-refractivity contribution in [1.82, 2.24) is 9.47 Å². The lowest BCUT2D eigenvalue weighted by atomic mass is 9.90. The fraction of sp³-hybridized carbons (Fsp3) is 0.375. The number of hydrogen-bond donors (Lipinski definition) is 0. The first-order valence-electron chi connectivity index (χ1n) is 14.1. The SMILES string of the molecule is CCCCn1c(N2CCC(Cc3ccccc3)CC2)c(/C=C2/SC(=S)N(Cc3ccco3)C2=O)c(C)c(C#N)c1=O. The lowest BCUT2D eigenvalue weighted by Crippen LogP contribution is -2.40. The molecule has 212 valence electrons. The molecule has 0 unspecified atom stereocenters. The van der Waals surface area contributed by atoms with E-state index in [-0.39, 0.29) is 23.6 Å². The van der Waals surface area contributed by atoms with Crippen molar-refractivity contribution in [2.75, 3.05) is 18.0 Å². The maximum atomic E-state index is 13.6. The van der Waals surface area contributed by atoms with Crippen LogP contribution in [0, 0.1) is 24.2 Å². The number of unbranched alkanes of at least 4 members (excludes halogenated alkanes) is 1. The van der Waals surface area contributed by atoms with Gasteiger partial charge in [0.15, 0.2) is 0 Å². The number of benzene rings is 1. The maximum absolute atomic E-state index is 13.6. The Bertz CT molecular complexity index is 1550. The molecule has 2 fully saturated rings. The van der Waals surface area contributed by atoms with Crippen LogP contribution in [0.15, 0.2) is 62.8 Å². The van der Waals surface area contributed by atoms with Gasteiger partial charge in [-0.25, -0.2) is 0 Å². The minimum absolute atomic E-state index is 0.126. The molecule has 0 spiro atoms. The topological polar surface area (TPSA) is 82.5 Å². The van der Waals surface area contributed by atoms with Crippen molar-refractivity contribution in [1.29, 1.82) is 5.26 Å². The second kappa shape index (κ2) is 12.9. The van der Waals surface area contributed by atoms with E-state index in [1.165, 1.54) is 22.2 Å². The number of hydrogen-bond acceptors (Lipinski definition) is 7. The molecule has 5 rings (SSSR count). The second-order valence-electron chi connectivity index (χ2n) is 10.6. The Labute approximate surface area is 250 Å². The molecule has 4 heterocycles. The van der Waals surface area contributed by atoms with Crippen molar-refractivity contribution in [3.8, 4) is 6.07 Å². The normalized spacial score (nSPS) is 17.0. The third-order valence-electron chi connectivity index (χ3n) is 7.91. The highest BCUT2D eigenvalue weighted by Gasteiger charge is 2.34. The Morgan fingerprint density at radius 2 is 1.90 bits per heavy atom. The van der Waals surface area contributed by atoms with Gasteiger partial charge >= 0.3 is 0 Å². The van der Waals surface area contributed by atoms with E-state index in [1.807, 2.05) is 25.1 Å². The predicted octanol–water partition coefficient (Wildman–Crippen LogP) is 6.28. The van der Waals surface area contributed by atoms with Gasteiger partial charge < -0.3 is 9.32 Å². The van der Waals surface area contributed by atoms with Gasteiger partial charge in [-0.05, 0) is 67.9 Å². The number of nitriles is 1. The Balaban J connectivity index is 1.51. The molecule has 1 aromatic carbocycles. The van der Waals surface area contributed by atoms with Crippen molar-refractivity contribution in [2.45, 2.75) is 59.0 Å². The van der Waals surface area contributed by atoms with Crippen molar-refractivity contribution in [3.63, 3.8) is 0 Å². The van der Waals surface area contributed by atoms with E-state index in [0.717, 1.165) is 56.6 Å². The number of thioether (sulfide) groups is 1. The Kier molecular flexibility index (Phi) is 9.11. The minimum Gasteiger partial charge on any atom is -0.467 e. The van der Waals surface area contributed by atoms with Gasteiger partial charge in [0.25, 0.3) is 11.5 Å². The molecule has 0 atom stereocenters. The number of carbonyl (C=O) groups is 1. The number of nitrogens with zero attached hydrogens (tertiary/aromatic N) is 4. The van der Waals surface area contributed by atoms with Crippen molar-refractivity contribution in [2.24, 2.45) is 5.92 Å². The standard InChI is InChI=1S/C32H34N4O3S2/c1-3-4-14-35-29(34-15-12-24(13-16-34)18-23-9-6-5-7-10-23)26(22(2)27(20-33)30(35)37)19-28-31(38)36(32(40)41-28)21-25-11-8-17-39-25/h5-11,17,19,24H,3-4,12-16,18,21H2,1-2H3/b28-19+. The molecule has 2 aliphatic heterocycles. The minimum atomic E-state index is -0.262. The van der Waals surface area contributed by atoms with Gasteiger partial charge in [0.05, 0.1) is 17.7 Å². The summed E-state index contributed by atoms with van der Waals surface area (Å²) in [5.41, 5.74) is 2.56. The van der Waals surface area contributed by atoms with Crippen LogP contribution in [0.25, 0.3) is 6.08 Å². The van der Waals surface area contributed by atoms with Crippen molar-refractivity contribution >= 4 is 46.1 Å². The summed E-state index contributed by atoms with van der Waals surface area (Å²) < 4.78 is 7.67. The molecule has 1 amide bonds. The second-order valence-corrected chi connectivity index (χ2v) is 12.3. The van der Waals surface area contributed by atoms with Gasteiger partial charge in [-0.3, -0.25) is 19.1 Å². The van der Waals surface area contributed by atoms with E-state index >= 15 is 0 Å². The lowest BCUT2D eigenvalue weighted by molar-refractivity contribution is -0.122. The first kappa shape index (κ1) is 28.9. The van der Waals surface area contributed by atoms with Gasteiger partial charge in [0, 0.05) is 25.2 Å². The zero-order chi connectivity index (χ0) is 28.9. The zero-order valence-corrected chi connectivity index (χ0v) is 25.1. The van der Waals surface area contributed by atoms with Crippen LogP contribution in [0.2, 0.25) is 0 Å². The molecule has 0 aliphatic carbocycles. The number of pyridine rings is 1. The van der Waals surface area contributed by atoms with Crippen molar-refractivity contribution in [3.05, 3.63) is 92.0 Å². The third kappa shape index (κ3) is 6.19. The van der Waals surface area contributed by atoms with Crippen LogP contribution in [0.4, 0.5) is 5.82 Å². The van der Waals surface area contributed by atoms with E-state index in [4.69, 9.17) is 16.6 Å². The van der Waals surface area contributed by atoms with Crippen LogP contribution in [0.5, 0.6) is 0 Å². The van der Waals surface area contributed by atoms with Gasteiger partial charge in [0.1, 0.15) is 27.5 Å². The van der Waals surface area contributed by atoms with Crippen molar-refractivity contribution < 1.29 is 9.21 Å². The Morgan fingerprint density at radius 3 is 2.56 bits per heavy atom. The number of piperidine rings is 1. The van der Waals surface area contributed by atoms with E-state index in [1.54, 1.807) is 16.9 Å². The molecule has 3 aromatic rings. The van der Waals surface area contributed by atoms with Gasteiger partial charge in [0.2, 0.25) is 0 Å². The molecular weight excluding hydrogens is 553 g/mol. The van der Waals surface area contributed by atoms with E-state index < -0.39 is 0 Å². The summed E-state index contributed by atoms with van der Waals surface area (Å²) in [6.07, 6.45) is 8.18. The predicted molar refractivity (Wildman–Crippen MR) is 168 cm³/mol. The van der Waals surface area contributed by atoms with Crippen LogP contribution in [-0.4, -0.2) is 32.8 Å². The highest BCUT2D eigenvalue weighted by atomic mass is 32.2. The summed E-state index contributed by atoms with van der Waals surface area (Å²) in [5, 5.41) is 9.98.